The number of benzene rings is 1. The van der Waals surface area contributed by atoms with Crippen molar-refractivity contribution in [3.05, 3.63) is 40.1 Å². The molecule has 0 atom stereocenters. The Bertz CT molecular complexity index is 601. The SMILES string of the molecule is NNC(=O)c1ccc(CSc2nncn2N)c(Br)c1. The summed E-state index contributed by atoms with van der Waals surface area (Å²) in [5.41, 5.74) is 3.59. The number of nitrogens with two attached hydrogens (primary N) is 2. The van der Waals surface area contributed by atoms with Crippen molar-refractivity contribution in [2.75, 3.05) is 5.84 Å². The van der Waals surface area contributed by atoms with Gasteiger partial charge in [0.05, 0.1) is 0 Å². The Morgan fingerprint density at radius 1 is 1.53 bits per heavy atom. The molecule has 2 aromatic rings. The van der Waals surface area contributed by atoms with Crippen molar-refractivity contribution in [2.45, 2.75) is 10.9 Å². The smallest absolute Gasteiger partial charge is 0.265 e. The summed E-state index contributed by atoms with van der Waals surface area (Å²) in [6.07, 6.45) is 1.44. The number of hydrogen-bond acceptors (Lipinski definition) is 6. The van der Waals surface area contributed by atoms with Gasteiger partial charge in [-0.3, -0.25) is 10.2 Å². The van der Waals surface area contributed by atoms with Gasteiger partial charge in [0.2, 0.25) is 5.16 Å². The van der Waals surface area contributed by atoms with Gasteiger partial charge >= 0.3 is 0 Å². The van der Waals surface area contributed by atoms with Crippen molar-refractivity contribution < 1.29 is 4.79 Å². The maximum Gasteiger partial charge on any atom is 0.265 e. The first-order valence-electron chi connectivity index (χ1n) is 5.19. The molecule has 19 heavy (non-hydrogen) atoms. The van der Waals surface area contributed by atoms with E-state index in [0.29, 0.717) is 16.5 Å². The summed E-state index contributed by atoms with van der Waals surface area (Å²) in [5.74, 6) is 11.0. The van der Waals surface area contributed by atoms with Crippen LogP contribution in [0.4, 0.5) is 0 Å². The molecule has 0 saturated carbocycles. The Balaban J connectivity index is 2.09. The zero-order chi connectivity index (χ0) is 13.8. The Kier molecular flexibility index (Phi) is 4.40. The molecule has 0 aliphatic heterocycles. The van der Waals surface area contributed by atoms with Crippen LogP contribution in [0, 0.1) is 0 Å². The molecule has 1 aromatic carbocycles. The lowest BCUT2D eigenvalue weighted by atomic mass is 10.1. The highest BCUT2D eigenvalue weighted by atomic mass is 79.9. The minimum absolute atomic E-state index is 0.332. The van der Waals surface area contributed by atoms with Crippen LogP contribution in [0.3, 0.4) is 0 Å². The lowest BCUT2D eigenvalue weighted by Gasteiger charge is -2.06. The second-order valence-electron chi connectivity index (χ2n) is 3.59. The summed E-state index contributed by atoms with van der Waals surface area (Å²) in [4.78, 5) is 11.4. The van der Waals surface area contributed by atoms with Crippen molar-refractivity contribution in [1.29, 1.82) is 0 Å². The monoisotopic (exact) mass is 342 g/mol. The van der Waals surface area contributed by atoms with Crippen LogP contribution >= 0.6 is 27.7 Å². The zero-order valence-electron chi connectivity index (χ0n) is 9.71. The number of aromatic nitrogens is 3. The molecule has 9 heteroatoms. The summed E-state index contributed by atoms with van der Waals surface area (Å²) in [5, 5.41) is 8.19. The molecule has 5 N–H and O–H groups in total. The molecule has 2 rings (SSSR count). The average Bonchev–Trinajstić information content (AvgIpc) is 2.82. The van der Waals surface area contributed by atoms with E-state index in [0.717, 1.165) is 10.0 Å². The number of nitrogens with zero attached hydrogens (tertiary/aromatic N) is 3. The zero-order valence-corrected chi connectivity index (χ0v) is 12.1. The lowest BCUT2D eigenvalue weighted by Crippen LogP contribution is -2.29. The predicted octanol–water partition coefficient (Wildman–Crippen LogP) is 0.650. The van der Waals surface area contributed by atoms with Gasteiger partial charge in [-0.05, 0) is 17.7 Å². The van der Waals surface area contributed by atoms with Gasteiger partial charge < -0.3 is 5.84 Å². The van der Waals surface area contributed by atoms with Crippen molar-refractivity contribution in [1.82, 2.24) is 20.3 Å². The minimum Gasteiger partial charge on any atom is -0.336 e. The molecule has 100 valence electrons. The summed E-state index contributed by atoms with van der Waals surface area (Å²) in [6, 6.07) is 5.26. The highest BCUT2D eigenvalue weighted by molar-refractivity contribution is 9.10. The number of amides is 1. The topological polar surface area (TPSA) is 112 Å². The van der Waals surface area contributed by atoms with Crippen molar-refractivity contribution >= 4 is 33.6 Å². The molecule has 1 aromatic heterocycles. The van der Waals surface area contributed by atoms with Crippen LogP contribution in [0.1, 0.15) is 15.9 Å². The first kappa shape index (κ1) is 13.8. The van der Waals surface area contributed by atoms with E-state index in [2.05, 4.69) is 31.6 Å². The van der Waals surface area contributed by atoms with Gasteiger partial charge in [0, 0.05) is 15.8 Å². The Morgan fingerprint density at radius 3 is 2.89 bits per heavy atom. The molecule has 0 aliphatic carbocycles. The summed E-state index contributed by atoms with van der Waals surface area (Å²) < 4.78 is 2.18. The quantitative estimate of drug-likeness (QED) is 0.325. The molecule has 0 radical (unpaired) electrons. The van der Waals surface area contributed by atoms with Crippen molar-refractivity contribution in [3.63, 3.8) is 0 Å². The Morgan fingerprint density at radius 2 is 2.32 bits per heavy atom. The Labute approximate surface area is 121 Å². The van der Waals surface area contributed by atoms with E-state index >= 15 is 0 Å². The standard InChI is InChI=1S/C10H11BrN6OS/c11-8-3-6(9(18)15-12)1-2-7(8)4-19-10-16-14-5-17(10)13/h1-3,5H,4,12-13H2,(H,15,18). The maximum absolute atomic E-state index is 11.4. The van der Waals surface area contributed by atoms with Crippen molar-refractivity contribution in [3.8, 4) is 0 Å². The third kappa shape index (κ3) is 3.25. The summed E-state index contributed by atoms with van der Waals surface area (Å²) >= 11 is 4.87. The first-order valence-corrected chi connectivity index (χ1v) is 6.97. The van der Waals surface area contributed by atoms with Gasteiger partial charge in [0.25, 0.3) is 5.91 Å². The second kappa shape index (κ2) is 6.04. The fourth-order valence-corrected chi connectivity index (χ4v) is 2.91. The number of rotatable bonds is 4. The summed E-state index contributed by atoms with van der Waals surface area (Å²) in [6.45, 7) is 0. The predicted molar refractivity (Wildman–Crippen MR) is 75.5 cm³/mol. The third-order valence-electron chi connectivity index (χ3n) is 2.34. The van der Waals surface area contributed by atoms with E-state index in [1.54, 1.807) is 12.1 Å². The molecule has 0 aliphatic rings. The van der Waals surface area contributed by atoms with E-state index in [1.807, 2.05) is 6.07 Å². The van der Waals surface area contributed by atoms with Gasteiger partial charge in [-0.2, -0.15) is 0 Å². The number of halogens is 1. The van der Waals surface area contributed by atoms with E-state index in [1.165, 1.54) is 22.8 Å². The number of hydrazine groups is 1. The number of carbonyl (C=O) groups excluding carboxylic acids is 1. The number of thioether (sulfide) groups is 1. The van der Waals surface area contributed by atoms with Crippen LogP contribution in [0.5, 0.6) is 0 Å². The van der Waals surface area contributed by atoms with Crippen LogP contribution in [0.25, 0.3) is 0 Å². The number of hydrogen-bond donors (Lipinski definition) is 3. The average molecular weight is 343 g/mol. The van der Waals surface area contributed by atoms with Gasteiger partial charge in [0.1, 0.15) is 6.33 Å². The number of carbonyl (C=O) groups is 1. The number of nitrogens with one attached hydrogen (secondary N) is 1. The Hall–Kier alpha value is -1.58. The highest BCUT2D eigenvalue weighted by Gasteiger charge is 2.09. The highest BCUT2D eigenvalue weighted by Crippen LogP contribution is 2.26. The van der Waals surface area contributed by atoms with E-state index in [-0.39, 0.29) is 5.91 Å². The van der Waals surface area contributed by atoms with Gasteiger partial charge in [-0.15, -0.1) is 10.2 Å². The largest absolute Gasteiger partial charge is 0.336 e. The molecule has 0 bridgehead atoms. The summed E-state index contributed by atoms with van der Waals surface area (Å²) in [7, 11) is 0. The van der Waals surface area contributed by atoms with Crippen LogP contribution in [-0.2, 0) is 5.75 Å². The van der Waals surface area contributed by atoms with E-state index in [4.69, 9.17) is 11.7 Å². The first-order chi connectivity index (χ1) is 9.11. The molecule has 0 spiro atoms. The molecule has 1 amide bonds. The number of nitrogen functional groups attached to an aromatic ring is 2. The molecular weight excluding hydrogens is 332 g/mol. The fraction of sp³-hybridized carbons (Fsp3) is 0.100. The van der Waals surface area contributed by atoms with Gasteiger partial charge in [0.15, 0.2) is 0 Å². The van der Waals surface area contributed by atoms with Crippen LogP contribution in [0.15, 0.2) is 34.2 Å². The van der Waals surface area contributed by atoms with E-state index < -0.39 is 0 Å². The van der Waals surface area contributed by atoms with Crippen LogP contribution < -0.4 is 17.1 Å². The molecule has 0 saturated heterocycles. The molecule has 0 fully saturated rings. The van der Waals surface area contributed by atoms with Gasteiger partial charge in [-0.25, -0.2) is 10.5 Å². The molecule has 0 unspecified atom stereocenters. The van der Waals surface area contributed by atoms with Crippen molar-refractivity contribution in [2.24, 2.45) is 5.84 Å². The molecular formula is C10H11BrN6OS. The normalized spacial score (nSPS) is 10.4. The lowest BCUT2D eigenvalue weighted by molar-refractivity contribution is 0.0953. The minimum atomic E-state index is -0.332. The maximum atomic E-state index is 11.4. The molecule has 1 heterocycles. The van der Waals surface area contributed by atoms with Gasteiger partial charge in [-0.1, -0.05) is 33.8 Å². The fourth-order valence-electron chi connectivity index (χ4n) is 1.37. The van der Waals surface area contributed by atoms with Crippen LogP contribution in [-0.4, -0.2) is 20.8 Å². The molecule has 7 nitrogen and oxygen atoms in total. The third-order valence-corrected chi connectivity index (χ3v) is 4.09. The van der Waals surface area contributed by atoms with Crippen LogP contribution in [0.2, 0.25) is 0 Å². The second-order valence-corrected chi connectivity index (χ2v) is 5.39. The van der Waals surface area contributed by atoms with E-state index in [9.17, 15) is 4.79 Å².